The number of nitrogens with one attached hydrogen (secondary N) is 1. The number of hydrogen-bond acceptors (Lipinski definition) is 2. The van der Waals surface area contributed by atoms with Crippen LogP contribution in [0.5, 0.6) is 0 Å². The van der Waals surface area contributed by atoms with E-state index in [2.05, 4.69) is 10.4 Å². The summed E-state index contributed by atoms with van der Waals surface area (Å²) in [7, 11) is 3.71. The fraction of sp³-hybridized carbons (Fsp3) is 0.182. The first-order chi connectivity index (χ1) is 7.61. The van der Waals surface area contributed by atoms with Crippen LogP contribution in [0.3, 0.4) is 0 Å². The summed E-state index contributed by atoms with van der Waals surface area (Å²) in [6, 6.07) is 7.37. The van der Waals surface area contributed by atoms with Crippen LogP contribution in [-0.4, -0.2) is 16.8 Å². The average Bonchev–Trinajstić information content (AvgIpc) is 2.60. The van der Waals surface area contributed by atoms with Crippen molar-refractivity contribution in [3.8, 4) is 11.3 Å². The molecule has 1 heterocycles. The van der Waals surface area contributed by atoms with E-state index in [0.717, 1.165) is 17.1 Å². The molecule has 1 aromatic carbocycles. The predicted octanol–water partition coefficient (Wildman–Crippen LogP) is 3.44. The van der Waals surface area contributed by atoms with E-state index in [1.807, 2.05) is 32.3 Å². The summed E-state index contributed by atoms with van der Waals surface area (Å²) in [5.41, 5.74) is 1.87. The van der Waals surface area contributed by atoms with E-state index in [-0.39, 0.29) is 0 Å². The zero-order chi connectivity index (χ0) is 11.7. The Morgan fingerprint density at radius 2 is 2.00 bits per heavy atom. The van der Waals surface area contributed by atoms with Crippen molar-refractivity contribution in [2.24, 2.45) is 7.05 Å². The van der Waals surface area contributed by atoms with Crippen molar-refractivity contribution in [3.05, 3.63) is 34.3 Å². The molecule has 2 rings (SSSR count). The zero-order valence-corrected chi connectivity index (χ0v) is 10.5. The van der Waals surface area contributed by atoms with E-state index in [4.69, 9.17) is 23.2 Å². The second kappa shape index (κ2) is 4.36. The number of aromatic nitrogens is 2. The summed E-state index contributed by atoms with van der Waals surface area (Å²) < 4.78 is 1.78. The summed E-state index contributed by atoms with van der Waals surface area (Å²) in [4.78, 5) is 0. The maximum Gasteiger partial charge on any atom is 0.148 e. The van der Waals surface area contributed by atoms with Crippen molar-refractivity contribution in [2.75, 3.05) is 12.4 Å². The molecule has 84 valence electrons. The van der Waals surface area contributed by atoms with Crippen molar-refractivity contribution in [1.29, 1.82) is 0 Å². The second-order valence-electron chi connectivity index (χ2n) is 3.41. The van der Waals surface area contributed by atoms with Crippen LogP contribution in [0.15, 0.2) is 24.3 Å². The lowest BCUT2D eigenvalue weighted by Crippen LogP contribution is -1.95. The van der Waals surface area contributed by atoms with Gasteiger partial charge in [-0.05, 0) is 18.2 Å². The fourth-order valence-electron chi connectivity index (χ4n) is 1.54. The maximum atomic E-state index is 6.14. The van der Waals surface area contributed by atoms with Crippen molar-refractivity contribution in [2.45, 2.75) is 0 Å². The Hall–Kier alpha value is -1.19. The lowest BCUT2D eigenvalue weighted by atomic mass is 10.1. The van der Waals surface area contributed by atoms with Gasteiger partial charge >= 0.3 is 0 Å². The van der Waals surface area contributed by atoms with Gasteiger partial charge in [-0.1, -0.05) is 23.2 Å². The highest BCUT2D eigenvalue weighted by Gasteiger charge is 2.10. The second-order valence-corrected chi connectivity index (χ2v) is 4.26. The first-order valence-corrected chi connectivity index (χ1v) is 5.54. The van der Waals surface area contributed by atoms with Crippen LogP contribution >= 0.6 is 23.2 Å². The Kier molecular flexibility index (Phi) is 3.08. The van der Waals surface area contributed by atoms with Gasteiger partial charge in [0.1, 0.15) is 5.82 Å². The third kappa shape index (κ3) is 2.01. The van der Waals surface area contributed by atoms with Gasteiger partial charge in [0.05, 0.1) is 10.7 Å². The minimum atomic E-state index is 0.623. The molecule has 2 aromatic rings. The standard InChI is InChI=1S/C11H11Cl2N3/c1-14-11-6-10(16(2)15-11)8-4-3-7(12)5-9(8)13/h3-6H,1-2H3,(H,14,15). The van der Waals surface area contributed by atoms with Crippen LogP contribution in [0.25, 0.3) is 11.3 Å². The molecule has 16 heavy (non-hydrogen) atoms. The molecule has 0 aliphatic rings. The Morgan fingerprint density at radius 1 is 1.25 bits per heavy atom. The lowest BCUT2D eigenvalue weighted by Gasteiger charge is -2.04. The molecule has 0 atom stereocenters. The fourth-order valence-corrected chi connectivity index (χ4v) is 2.04. The van der Waals surface area contributed by atoms with Crippen LogP contribution in [0.4, 0.5) is 5.82 Å². The van der Waals surface area contributed by atoms with E-state index < -0.39 is 0 Å². The first kappa shape index (κ1) is 11.3. The van der Waals surface area contributed by atoms with Gasteiger partial charge in [0.2, 0.25) is 0 Å². The number of hydrogen-bond donors (Lipinski definition) is 1. The molecule has 0 saturated carbocycles. The molecule has 5 heteroatoms. The minimum absolute atomic E-state index is 0.623. The summed E-state index contributed by atoms with van der Waals surface area (Å²) in [5.74, 6) is 0.809. The number of benzene rings is 1. The molecule has 0 bridgehead atoms. The van der Waals surface area contributed by atoms with Crippen molar-refractivity contribution in [3.63, 3.8) is 0 Å². The number of nitrogens with zero attached hydrogens (tertiary/aromatic N) is 2. The largest absolute Gasteiger partial charge is 0.372 e. The van der Waals surface area contributed by atoms with Crippen LogP contribution in [0, 0.1) is 0 Å². The van der Waals surface area contributed by atoms with Crippen molar-refractivity contribution >= 4 is 29.0 Å². The molecule has 1 aromatic heterocycles. The van der Waals surface area contributed by atoms with Gasteiger partial charge in [-0.25, -0.2) is 0 Å². The predicted molar refractivity (Wildman–Crippen MR) is 68.2 cm³/mol. The molecule has 0 aliphatic carbocycles. The van der Waals surface area contributed by atoms with Gasteiger partial charge in [-0.3, -0.25) is 4.68 Å². The zero-order valence-electron chi connectivity index (χ0n) is 8.96. The topological polar surface area (TPSA) is 29.9 Å². The van der Waals surface area contributed by atoms with E-state index in [9.17, 15) is 0 Å². The van der Waals surface area contributed by atoms with Crippen LogP contribution in [0.2, 0.25) is 10.0 Å². The smallest absolute Gasteiger partial charge is 0.148 e. The summed E-state index contributed by atoms with van der Waals surface area (Å²) >= 11 is 12.0. The molecule has 1 N–H and O–H groups in total. The number of halogens is 2. The summed E-state index contributed by atoms with van der Waals surface area (Å²) in [6.45, 7) is 0. The van der Waals surface area contributed by atoms with Crippen molar-refractivity contribution in [1.82, 2.24) is 9.78 Å². The molecule has 0 fully saturated rings. The average molecular weight is 256 g/mol. The molecule has 0 unspecified atom stereocenters. The van der Waals surface area contributed by atoms with Crippen molar-refractivity contribution < 1.29 is 0 Å². The molecule has 0 amide bonds. The number of rotatable bonds is 2. The monoisotopic (exact) mass is 255 g/mol. The van der Waals surface area contributed by atoms with E-state index in [1.165, 1.54) is 0 Å². The highest BCUT2D eigenvalue weighted by atomic mass is 35.5. The molecule has 3 nitrogen and oxygen atoms in total. The van der Waals surface area contributed by atoms with Crippen LogP contribution < -0.4 is 5.32 Å². The maximum absolute atomic E-state index is 6.14. The highest BCUT2D eigenvalue weighted by molar-refractivity contribution is 6.36. The Balaban J connectivity index is 2.53. The van der Waals surface area contributed by atoms with Crippen LogP contribution in [-0.2, 0) is 7.05 Å². The van der Waals surface area contributed by atoms with Gasteiger partial charge in [0.15, 0.2) is 0 Å². The third-order valence-electron chi connectivity index (χ3n) is 2.34. The number of aryl methyl sites for hydroxylation is 1. The van der Waals surface area contributed by atoms with Crippen LogP contribution in [0.1, 0.15) is 0 Å². The number of anilines is 1. The Labute approximate surface area is 104 Å². The van der Waals surface area contributed by atoms with Gasteiger partial charge in [0, 0.05) is 30.7 Å². The molecular formula is C11H11Cl2N3. The Morgan fingerprint density at radius 3 is 2.56 bits per heavy atom. The SMILES string of the molecule is CNc1cc(-c2ccc(Cl)cc2Cl)n(C)n1. The highest BCUT2D eigenvalue weighted by Crippen LogP contribution is 2.31. The first-order valence-electron chi connectivity index (χ1n) is 4.79. The van der Waals surface area contributed by atoms with E-state index >= 15 is 0 Å². The molecule has 0 saturated heterocycles. The molecule has 0 spiro atoms. The normalized spacial score (nSPS) is 10.5. The summed E-state index contributed by atoms with van der Waals surface area (Å²) in [5, 5.41) is 8.52. The molecule has 0 aliphatic heterocycles. The molecular weight excluding hydrogens is 245 g/mol. The lowest BCUT2D eigenvalue weighted by molar-refractivity contribution is 0.778. The molecule has 0 radical (unpaired) electrons. The third-order valence-corrected chi connectivity index (χ3v) is 2.89. The van der Waals surface area contributed by atoms with Gasteiger partial charge in [-0.2, -0.15) is 5.10 Å². The van der Waals surface area contributed by atoms with E-state index in [0.29, 0.717) is 10.0 Å². The quantitative estimate of drug-likeness (QED) is 0.891. The van der Waals surface area contributed by atoms with Gasteiger partial charge < -0.3 is 5.32 Å². The van der Waals surface area contributed by atoms with Gasteiger partial charge in [-0.15, -0.1) is 0 Å². The minimum Gasteiger partial charge on any atom is -0.372 e. The van der Waals surface area contributed by atoms with Gasteiger partial charge in [0.25, 0.3) is 0 Å². The summed E-state index contributed by atoms with van der Waals surface area (Å²) in [6.07, 6.45) is 0. The Bertz CT molecular complexity index is 520. The van der Waals surface area contributed by atoms with E-state index in [1.54, 1.807) is 10.7 Å².